The normalized spacial score (nSPS) is 29.2. The highest BCUT2D eigenvalue weighted by atomic mass is 28.4. The average Bonchev–Trinajstić information content (AvgIpc) is 3.08. The first-order valence-electron chi connectivity index (χ1n) is 10.5. The highest BCUT2D eigenvalue weighted by Crippen LogP contribution is 2.55. The van der Waals surface area contributed by atoms with Gasteiger partial charge in [-0.25, -0.2) is 0 Å². The first kappa shape index (κ1) is 22.2. The van der Waals surface area contributed by atoms with Crippen LogP contribution in [0.5, 0.6) is 0 Å². The minimum absolute atomic E-state index is 0.0599. The number of hydrogen-bond donors (Lipinski definition) is 0. The van der Waals surface area contributed by atoms with E-state index in [0.717, 1.165) is 12.8 Å². The second kappa shape index (κ2) is 8.08. The number of rotatable bonds is 7. The molecule has 150 valence electrons. The maximum atomic E-state index is 13.2. The van der Waals surface area contributed by atoms with Gasteiger partial charge in [-0.2, -0.15) is 0 Å². The van der Waals surface area contributed by atoms with Gasteiger partial charge >= 0.3 is 0 Å². The SMILES string of the molecule is CC(C)[Si](OC(=O)C1CC2CC1CC2[Si]OC(C)(C)C)(C(C)C)C(C)C. The molecule has 2 rings (SSSR count). The summed E-state index contributed by atoms with van der Waals surface area (Å²) in [4.78, 5) is 13.2. The Morgan fingerprint density at radius 1 is 0.923 bits per heavy atom. The Balaban J connectivity index is 2.00. The van der Waals surface area contributed by atoms with Gasteiger partial charge in [-0.15, -0.1) is 0 Å². The molecule has 0 aromatic rings. The molecule has 4 atom stereocenters. The Bertz CT molecular complexity index is 474. The quantitative estimate of drug-likeness (QED) is 0.497. The van der Waals surface area contributed by atoms with Gasteiger partial charge in [0, 0.05) is 5.60 Å². The summed E-state index contributed by atoms with van der Waals surface area (Å²) in [5, 5.41) is 0. The van der Waals surface area contributed by atoms with Crippen LogP contribution in [0.15, 0.2) is 0 Å². The van der Waals surface area contributed by atoms with Gasteiger partial charge < -0.3 is 8.85 Å². The molecule has 2 bridgehead atoms. The Hall–Kier alpha value is -0.136. The molecule has 2 aliphatic carbocycles. The van der Waals surface area contributed by atoms with E-state index >= 15 is 0 Å². The van der Waals surface area contributed by atoms with E-state index in [1.165, 1.54) is 6.42 Å². The van der Waals surface area contributed by atoms with Crippen LogP contribution < -0.4 is 0 Å². The van der Waals surface area contributed by atoms with E-state index in [9.17, 15) is 4.79 Å². The summed E-state index contributed by atoms with van der Waals surface area (Å²) in [7, 11) is -1.54. The fraction of sp³-hybridized carbons (Fsp3) is 0.952. The molecule has 0 heterocycles. The van der Waals surface area contributed by atoms with Crippen molar-refractivity contribution in [1.29, 1.82) is 0 Å². The van der Waals surface area contributed by atoms with Crippen LogP contribution in [0.25, 0.3) is 0 Å². The Labute approximate surface area is 165 Å². The molecule has 26 heavy (non-hydrogen) atoms. The van der Waals surface area contributed by atoms with Gasteiger partial charge in [0.05, 0.1) is 5.92 Å². The lowest BCUT2D eigenvalue weighted by molar-refractivity contribution is -0.142. The summed E-state index contributed by atoms with van der Waals surface area (Å²) in [6, 6.07) is 0. The molecule has 0 saturated heterocycles. The topological polar surface area (TPSA) is 35.5 Å². The molecule has 0 spiro atoms. The van der Waals surface area contributed by atoms with E-state index in [-0.39, 0.29) is 17.5 Å². The van der Waals surface area contributed by atoms with Crippen LogP contribution in [0.2, 0.25) is 22.2 Å². The summed E-state index contributed by atoms with van der Waals surface area (Å²) < 4.78 is 12.5. The van der Waals surface area contributed by atoms with Gasteiger partial charge in [-0.3, -0.25) is 4.79 Å². The van der Waals surface area contributed by atoms with Crippen molar-refractivity contribution in [1.82, 2.24) is 0 Å². The second-order valence-corrected chi connectivity index (χ2v) is 17.1. The summed E-state index contributed by atoms with van der Waals surface area (Å²) in [5.74, 6) is 1.44. The molecule has 3 nitrogen and oxygen atoms in total. The number of carbonyl (C=O) groups excluding carboxylic acids is 1. The molecule has 0 amide bonds. The molecule has 5 heteroatoms. The predicted octanol–water partition coefficient (Wildman–Crippen LogP) is 5.97. The van der Waals surface area contributed by atoms with E-state index in [0.29, 0.717) is 43.8 Å². The van der Waals surface area contributed by atoms with Gasteiger partial charge in [0.2, 0.25) is 9.76 Å². The van der Waals surface area contributed by atoms with Gasteiger partial charge in [0.1, 0.15) is 0 Å². The molecule has 2 radical (unpaired) electrons. The fourth-order valence-corrected chi connectivity index (χ4v) is 12.1. The molecular formula is C21H40O3Si2. The lowest BCUT2D eigenvalue weighted by atomic mass is 9.89. The molecule has 0 aliphatic heterocycles. The van der Waals surface area contributed by atoms with Crippen LogP contribution in [0.3, 0.4) is 0 Å². The number of hydrogen-bond acceptors (Lipinski definition) is 3. The maximum absolute atomic E-state index is 13.2. The minimum Gasteiger partial charge on any atom is -0.518 e. The van der Waals surface area contributed by atoms with E-state index in [2.05, 4.69) is 62.3 Å². The van der Waals surface area contributed by atoms with Crippen LogP contribution in [0.1, 0.15) is 81.6 Å². The Kier molecular flexibility index (Phi) is 6.88. The van der Waals surface area contributed by atoms with E-state index in [1.807, 2.05) is 0 Å². The van der Waals surface area contributed by atoms with Crippen molar-refractivity contribution in [2.24, 2.45) is 17.8 Å². The van der Waals surface area contributed by atoms with Gasteiger partial charge in [0.25, 0.3) is 14.3 Å². The van der Waals surface area contributed by atoms with Crippen LogP contribution in [-0.4, -0.2) is 29.7 Å². The van der Waals surface area contributed by atoms with Crippen molar-refractivity contribution in [2.45, 2.75) is 109 Å². The molecule has 0 aromatic heterocycles. The zero-order valence-corrected chi connectivity index (χ0v) is 20.4. The van der Waals surface area contributed by atoms with Crippen LogP contribution in [0, 0.1) is 17.8 Å². The molecule has 0 aromatic carbocycles. The van der Waals surface area contributed by atoms with Crippen molar-refractivity contribution in [3.63, 3.8) is 0 Å². The summed E-state index contributed by atoms with van der Waals surface area (Å²) in [6.07, 6.45) is 3.37. The van der Waals surface area contributed by atoms with Crippen molar-refractivity contribution >= 4 is 24.0 Å². The Morgan fingerprint density at radius 2 is 1.46 bits per heavy atom. The van der Waals surface area contributed by atoms with E-state index in [1.54, 1.807) is 0 Å². The van der Waals surface area contributed by atoms with Crippen molar-refractivity contribution in [2.75, 3.05) is 0 Å². The molecule has 2 fully saturated rings. The van der Waals surface area contributed by atoms with Gasteiger partial charge in [-0.05, 0) is 74.0 Å². The van der Waals surface area contributed by atoms with Crippen molar-refractivity contribution in [3.8, 4) is 0 Å². The zero-order valence-electron chi connectivity index (χ0n) is 18.4. The molecule has 2 saturated carbocycles. The number of fused-ring (bicyclic) bond motifs is 2. The standard InChI is InChI=1S/C21H40O3Si2/c1-13(2)26(14(3)4,15(5)6)23-20(22)18-11-17-10-16(18)12-19(17)25-24-21(7,8)9/h13-19H,10-12H2,1-9H3. The minimum atomic E-state index is -2.12. The zero-order chi connectivity index (χ0) is 19.9. The van der Waals surface area contributed by atoms with Crippen LogP contribution in [-0.2, 0) is 13.6 Å². The third kappa shape index (κ3) is 4.46. The highest BCUT2D eigenvalue weighted by Gasteiger charge is 2.53. The molecular weight excluding hydrogens is 356 g/mol. The summed E-state index contributed by atoms with van der Waals surface area (Å²) in [6.45, 7) is 19.9. The fourth-order valence-electron chi connectivity index (χ4n) is 5.56. The lowest BCUT2D eigenvalue weighted by Gasteiger charge is -2.42. The second-order valence-electron chi connectivity index (χ2n) is 10.5. The monoisotopic (exact) mass is 396 g/mol. The Morgan fingerprint density at radius 3 is 1.85 bits per heavy atom. The van der Waals surface area contributed by atoms with E-state index < -0.39 is 8.32 Å². The number of carbonyl (C=O) groups is 1. The molecule has 4 unspecified atom stereocenters. The first-order chi connectivity index (χ1) is 11.9. The predicted molar refractivity (Wildman–Crippen MR) is 112 cm³/mol. The van der Waals surface area contributed by atoms with Crippen LogP contribution >= 0.6 is 0 Å². The smallest absolute Gasteiger partial charge is 0.295 e. The average molecular weight is 397 g/mol. The highest BCUT2D eigenvalue weighted by molar-refractivity contribution is 6.78. The summed E-state index contributed by atoms with van der Waals surface area (Å²) in [5.41, 5.74) is 1.97. The third-order valence-corrected chi connectivity index (χ3v) is 14.4. The largest absolute Gasteiger partial charge is 0.518 e. The first-order valence-corrected chi connectivity index (χ1v) is 13.7. The van der Waals surface area contributed by atoms with Crippen molar-refractivity contribution in [3.05, 3.63) is 0 Å². The summed E-state index contributed by atoms with van der Waals surface area (Å²) >= 11 is 0. The van der Waals surface area contributed by atoms with Gasteiger partial charge in [-0.1, -0.05) is 41.5 Å². The maximum Gasteiger partial charge on any atom is 0.295 e. The van der Waals surface area contributed by atoms with Crippen LogP contribution in [0.4, 0.5) is 0 Å². The van der Waals surface area contributed by atoms with Crippen molar-refractivity contribution < 1.29 is 13.6 Å². The molecule has 0 N–H and O–H groups in total. The molecule has 2 aliphatic rings. The van der Waals surface area contributed by atoms with E-state index in [4.69, 9.17) is 8.85 Å². The van der Waals surface area contributed by atoms with Gasteiger partial charge in [0.15, 0.2) is 0 Å². The third-order valence-electron chi connectivity index (χ3n) is 6.66. The lowest BCUT2D eigenvalue weighted by Crippen LogP contribution is -2.50.